The van der Waals surface area contributed by atoms with Crippen molar-refractivity contribution in [3.8, 4) is 0 Å². The minimum absolute atomic E-state index is 0.547. The zero-order valence-electron chi connectivity index (χ0n) is 8.08. The summed E-state index contributed by atoms with van der Waals surface area (Å²) in [7, 11) is 2.86. The van der Waals surface area contributed by atoms with Gasteiger partial charge in [-0.05, 0) is 18.8 Å². The molecule has 0 bridgehead atoms. The number of ether oxygens (including phenoxy) is 1. The Balaban J connectivity index is 2.32. The van der Waals surface area contributed by atoms with E-state index in [9.17, 15) is 9.59 Å². The van der Waals surface area contributed by atoms with Gasteiger partial charge in [-0.15, -0.1) is 0 Å². The molecule has 13 heavy (non-hydrogen) atoms. The van der Waals surface area contributed by atoms with E-state index in [4.69, 9.17) is 0 Å². The quantitative estimate of drug-likeness (QED) is 0.462. The molecule has 1 aliphatic carbocycles. The molecule has 0 aromatic rings. The van der Waals surface area contributed by atoms with Crippen LogP contribution < -0.4 is 0 Å². The average molecular weight is 185 g/mol. The molecule has 1 aliphatic rings. The van der Waals surface area contributed by atoms with Gasteiger partial charge in [0.2, 0.25) is 0 Å². The summed E-state index contributed by atoms with van der Waals surface area (Å²) in [4.78, 5) is 23.5. The fourth-order valence-corrected chi connectivity index (χ4v) is 1.39. The maximum absolute atomic E-state index is 11.2. The fourth-order valence-electron chi connectivity index (χ4n) is 1.39. The maximum atomic E-state index is 11.2. The number of carbonyl (C=O) groups excluding carboxylic acids is 2. The highest BCUT2D eigenvalue weighted by Crippen LogP contribution is 2.26. The van der Waals surface area contributed by atoms with E-state index in [-0.39, 0.29) is 0 Å². The molecular formula is C9H15NO3. The molecule has 1 rings (SSSR count). The third-order valence-corrected chi connectivity index (χ3v) is 2.46. The van der Waals surface area contributed by atoms with E-state index in [1.165, 1.54) is 31.3 Å². The Morgan fingerprint density at radius 2 is 2.08 bits per heavy atom. The van der Waals surface area contributed by atoms with Crippen molar-refractivity contribution in [1.29, 1.82) is 0 Å². The van der Waals surface area contributed by atoms with Crippen molar-refractivity contribution in [2.75, 3.05) is 20.7 Å². The highest BCUT2D eigenvalue weighted by Gasteiger charge is 2.24. The summed E-state index contributed by atoms with van der Waals surface area (Å²) in [5.41, 5.74) is 0. The van der Waals surface area contributed by atoms with E-state index in [0.29, 0.717) is 12.5 Å². The Kier molecular flexibility index (Phi) is 3.28. The number of esters is 1. The second-order valence-electron chi connectivity index (χ2n) is 3.47. The van der Waals surface area contributed by atoms with Gasteiger partial charge < -0.3 is 9.64 Å². The van der Waals surface area contributed by atoms with Crippen LogP contribution in [0.5, 0.6) is 0 Å². The lowest BCUT2D eigenvalue weighted by Crippen LogP contribution is -2.38. The highest BCUT2D eigenvalue weighted by atomic mass is 16.5. The highest BCUT2D eigenvalue weighted by molar-refractivity contribution is 6.32. The van der Waals surface area contributed by atoms with Gasteiger partial charge in [0.1, 0.15) is 0 Å². The first-order chi connectivity index (χ1) is 6.15. The lowest BCUT2D eigenvalue weighted by Gasteiger charge is -2.29. The summed E-state index contributed by atoms with van der Waals surface area (Å²) in [5, 5.41) is 0. The van der Waals surface area contributed by atoms with Crippen LogP contribution in [0, 0.1) is 5.92 Å². The summed E-state index contributed by atoms with van der Waals surface area (Å²) in [6.45, 7) is 0.675. The summed E-state index contributed by atoms with van der Waals surface area (Å²) in [6, 6.07) is 0. The van der Waals surface area contributed by atoms with E-state index in [0.717, 1.165) is 0 Å². The Hall–Kier alpha value is -1.06. The number of methoxy groups -OCH3 is 1. The number of rotatable bonds is 2. The normalized spacial score (nSPS) is 16.2. The van der Waals surface area contributed by atoms with E-state index < -0.39 is 11.9 Å². The predicted octanol–water partition coefficient (Wildman–Crippen LogP) is 0.418. The Morgan fingerprint density at radius 1 is 1.46 bits per heavy atom. The molecule has 0 aromatic heterocycles. The third kappa shape index (κ3) is 2.44. The maximum Gasteiger partial charge on any atom is 0.396 e. The van der Waals surface area contributed by atoms with E-state index in [2.05, 4.69) is 4.74 Å². The summed E-state index contributed by atoms with van der Waals surface area (Å²) >= 11 is 0. The molecule has 0 spiro atoms. The Labute approximate surface area is 77.8 Å². The first-order valence-electron chi connectivity index (χ1n) is 4.48. The first-order valence-corrected chi connectivity index (χ1v) is 4.48. The van der Waals surface area contributed by atoms with Crippen molar-refractivity contribution in [2.45, 2.75) is 19.3 Å². The smallest absolute Gasteiger partial charge is 0.396 e. The molecule has 0 heterocycles. The van der Waals surface area contributed by atoms with Crippen LogP contribution >= 0.6 is 0 Å². The SMILES string of the molecule is COC(=O)C(=O)N(C)CC1CCC1. The van der Waals surface area contributed by atoms with Gasteiger partial charge in [0, 0.05) is 13.6 Å². The van der Waals surface area contributed by atoms with E-state index in [1.807, 2.05) is 0 Å². The van der Waals surface area contributed by atoms with Gasteiger partial charge in [-0.1, -0.05) is 6.42 Å². The van der Waals surface area contributed by atoms with Crippen LogP contribution in [0.2, 0.25) is 0 Å². The van der Waals surface area contributed by atoms with Crippen LogP contribution in [0.1, 0.15) is 19.3 Å². The van der Waals surface area contributed by atoms with Crippen LogP contribution in [0.25, 0.3) is 0 Å². The fraction of sp³-hybridized carbons (Fsp3) is 0.778. The number of amides is 1. The second kappa shape index (κ2) is 4.25. The Bertz CT molecular complexity index is 211. The van der Waals surface area contributed by atoms with Crippen molar-refractivity contribution in [1.82, 2.24) is 4.90 Å². The van der Waals surface area contributed by atoms with E-state index >= 15 is 0 Å². The topological polar surface area (TPSA) is 46.6 Å². The van der Waals surface area contributed by atoms with Gasteiger partial charge in [-0.25, -0.2) is 4.79 Å². The number of hydrogen-bond acceptors (Lipinski definition) is 3. The van der Waals surface area contributed by atoms with E-state index in [1.54, 1.807) is 7.05 Å². The average Bonchev–Trinajstić information content (AvgIpc) is 2.08. The molecule has 0 N–H and O–H groups in total. The number of nitrogens with zero attached hydrogens (tertiary/aromatic N) is 1. The van der Waals surface area contributed by atoms with Crippen LogP contribution in [0.3, 0.4) is 0 Å². The van der Waals surface area contributed by atoms with Gasteiger partial charge in [-0.2, -0.15) is 0 Å². The molecule has 0 unspecified atom stereocenters. The largest absolute Gasteiger partial charge is 0.462 e. The van der Waals surface area contributed by atoms with Gasteiger partial charge in [-0.3, -0.25) is 4.79 Å². The minimum atomic E-state index is -0.776. The zero-order chi connectivity index (χ0) is 9.84. The summed E-state index contributed by atoms with van der Waals surface area (Å²) < 4.78 is 4.34. The standard InChI is InChI=1S/C9H15NO3/c1-10(6-7-4-3-5-7)8(11)9(12)13-2/h7H,3-6H2,1-2H3. The molecule has 0 radical (unpaired) electrons. The number of carbonyl (C=O) groups is 2. The van der Waals surface area contributed by atoms with Crippen molar-refractivity contribution in [3.63, 3.8) is 0 Å². The van der Waals surface area contributed by atoms with Crippen LogP contribution in [-0.2, 0) is 14.3 Å². The second-order valence-corrected chi connectivity index (χ2v) is 3.47. The molecule has 0 saturated heterocycles. The molecular weight excluding hydrogens is 170 g/mol. The van der Waals surface area contributed by atoms with Gasteiger partial charge in [0.15, 0.2) is 0 Å². The van der Waals surface area contributed by atoms with Gasteiger partial charge in [0.25, 0.3) is 0 Å². The lowest BCUT2D eigenvalue weighted by molar-refractivity contribution is -0.157. The summed E-state index contributed by atoms with van der Waals surface area (Å²) in [6.07, 6.45) is 3.57. The molecule has 1 amide bonds. The Morgan fingerprint density at radius 3 is 2.46 bits per heavy atom. The summed E-state index contributed by atoms with van der Waals surface area (Å²) in [5.74, 6) is -0.741. The van der Waals surface area contributed by atoms with Crippen LogP contribution in [0.4, 0.5) is 0 Å². The first kappa shape index (κ1) is 10.0. The van der Waals surface area contributed by atoms with Crippen molar-refractivity contribution >= 4 is 11.9 Å². The predicted molar refractivity (Wildman–Crippen MR) is 47.0 cm³/mol. The number of hydrogen-bond donors (Lipinski definition) is 0. The monoisotopic (exact) mass is 185 g/mol. The molecule has 1 fully saturated rings. The van der Waals surface area contributed by atoms with Crippen molar-refractivity contribution in [2.24, 2.45) is 5.92 Å². The molecule has 4 heteroatoms. The molecule has 74 valence electrons. The molecule has 1 saturated carbocycles. The van der Waals surface area contributed by atoms with Gasteiger partial charge in [0.05, 0.1) is 7.11 Å². The minimum Gasteiger partial charge on any atom is -0.462 e. The third-order valence-electron chi connectivity index (χ3n) is 2.46. The zero-order valence-corrected chi connectivity index (χ0v) is 8.08. The number of likely N-dealkylation sites (N-methyl/N-ethyl adjacent to an activating group) is 1. The lowest BCUT2D eigenvalue weighted by atomic mass is 9.85. The molecule has 0 atom stereocenters. The molecule has 0 aliphatic heterocycles. The molecule has 4 nitrogen and oxygen atoms in total. The molecule has 0 aromatic carbocycles. The van der Waals surface area contributed by atoms with Crippen LogP contribution in [0.15, 0.2) is 0 Å². The van der Waals surface area contributed by atoms with Crippen molar-refractivity contribution in [3.05, 3.63) is 0 Å². The van der Waals surface area contributed by atoms with Crippen LogP contribution in [-0.4, -0.2) is 37.5 Å². The van der Waals surface area contributed by atoms with Crippen molar-refractivity contribution < 1.29 is 14.3 Å². The van der Waals surface area contributed by atoms with Gasteiger partial charge >= 0.3 is 11.9 Å².